The molecule has 0 aliphatic heterocycles. The van der Waals surface area contributed by atoms with Crippen LogP contribution in [0, 0.1) is 19.5 Å². The van der Waals surface area contributed by atoms with E-state index in [9.17, 15) is 14.5 Å². The van der Waals surface area contributed by atoms with Gasteiger partial charge in [-0.3, -0.25) is 15.2 Å². The topological polar surface area (TPSA) is 81.0 Å². The number of nitrogens with one attached hydrogen (secondary N) is 1. The van der Waals surface area contributed by atoms with E-state index in [2.05, 4.69) is 10.2 Å². The summed E-state index contributed by atoms with van der Waals surface area (Å²) in [5, 5.41) is 18.8. The monoisotopic (exact) mass is 427 g/mol. The largest absolute Gasteiger partial charge is 0.490 e. The third-order valence-corrected chi connectivity index (χ3v) is 4.24. The van der Waals surface area contributed by atoms with Crippen molar-refractivity contribution in [2.24, 2.45) is 0 Å². The number of nitro groups is 1. The van der Waals surface area contributed by atoms with Gasteiger partial charge in [0.1, 0.15) is 5.82 Å². The normalized spacial score (nSPS) is 10.9. The molecule has 0 unspecified atom stereocenters. The quantitative estimate of drug-likeness (QED) is 0.390. The highest BCUT2D eigenvalue weighted by Crippen LogP contribution is 2.38. The van der Waals surface area contributed by atoms with Crippen LogP contribution in [-0.4, -0.2) is 22.2 Å². The maximum Gasteiger partial charge on any atom is 0.315 e. The van der Waals surface area contributed by atoms with E-state index in [4.69, 9.17) is 4.74 Å². The summed E-state index contributed by atoms with van der Waals surface area (Å²) in [6.45, 7) is 0. The molecule has 3 aromatic rings. The molecule has 1 aromatic heterocycles. The van der Waals surface area contributed by atoms with Gasteiger partial charge in [0.15, 0.2) is 5.75 Å². The number of methoxy groups -OCH3 is 1. The van der Waals surface area contributed by atoms with Crippen LogP contribution in [0.1, 0.15) is 11.1 Å². The standard InChI is InChI=1S/C15H11FIN3O3/c1-23-14-6-13-11(7-18-19-13)10(15(14)20(21)22)4-8-2-3-9(17)5-12(8)16/h2-3,5-7H,4H2,1H3,(H,18,19). The van der Waals surface area contributed by atoms with Gasteiger partial charge in [0.2, 0.25) is 0 Å². The van der Waals surface area contributed by atoms with Crippen molar-refractivity contribution in [3.05, 3.63) is 61.1 Å². The number of aromatic amines is 1. The van der Waals surface area contributed by atoms with E-state index in [0.717, 1.165) is 3.57 Å². The fourth-order valence-electron chi connectivity index (χ4n) is 2.51. The highest BCUT2D eigenvalue weighted by molar-refractivity contribution is 14.1. The molecule has 6 nitrogen and oxygen atoms in total. The number of nitrogens with zero attached hydrogens (tertiary/aromatic N) is 2. The van der Waals surface area contributed by atoms with Crippen LogP contribution in [0.4, 0.5) is 10.1 Å². The van der Waals surface area contributed by atoms with Crippen molar-refractivity contribution in [2.75, 3.05) is 7.11 Å². The molecule has 0 atom stereocenters. The second-order valence-electron chi connectivity index (χ2n) is 4.91. The second-order valence-corrected chi connectivity index (χ2v) is 6.15. The van der Waals surface area contributed by atoms with Crippen LogP contribution < -0.4 is 4.74 Å². The molecule has 0 fully saturated rings. The highest BCUT2D eigenvalue weighted by Gasteiger charge is 2.25. The van der Waals surface area contributed by atoms with E-state index >= 15 is 0 Å². The maximum absolute atomic E-state index is 14.1. The summed E-state index contributed by atoms with van der Waals surface area (Å²) in [6, 6.07) is 6.31. The number of ether oxygens (including phenoxy) is 1. The summed E-state index contributed by atoms with van der Waals surface area (Å²) in [6.07, 6.45) is 1.58. The van der Waals surface area contributed by atoms with Crippen LogP contribution in [0.3, 0.4) is 0 Å². The van der Waals surface area contributed by atoms with E-state index in [0.29, 0.717) is 22.0 Å². The van der Waals surface area contributed by atoms with Crippen LogP contribution in [0.15, 0.2) is 30.5 Å². The second kappa shape index (κ2) is 6.11. The molecule has 0 aliphatic rings. The van der Waals surface area contributed by atoms with Crippen LogP contribution in [0.25, 0.3) is 10.9 Å². The Bertz CT molecular complexity index is 910. The molecule has 0 saturated carbocycles. The zero-order valence-electron chi connectivity index (χ0n) is 12.0. The lowest BCUT2D eigenvalue weighted by Gasteiger charge is -2.10. The van der Waals surface area contributed by atoms with Gasteiger partial charge in [-0.2, -0.15) is 5.10 Å². The average Bonchev–Trinajstić information content (AvgIpc) is 2.97. The Balaban J connectivity index is 2.23. The zero-order valence-corrected chi connectivity index (χ0v) is 14.1. The molecule has 2 aromatic carbocycles. The predicted molar refractivity (Wildman–Crippen MR) is 91.2 cm³/mol. The van der Waals surface area contributed by atoms with E-state index in [1.807, 2.05) is 22.6 Å². The van der Waals surface area contributed by atoms with Gasteiger partial charge in [0.05, 0.1) is 23.7 Å². The number of aromatic nitrogens is 2. The lowest BCUT2D eigenvalue weighted by atomic mass is 9.99. The van der Waals surface area contributed by atoms with Gasteiger partial charge in [-0.25, -0.2) is 4.39 Å². The number of hydrogen-bond donors (Lipinski definition) is 1. The molecule has 8 heteroatoms. The Morgan fingerprint density at radius 3 is 2.87 bits per heavy atom. The van der Waals surface area contributed by atoms with Gasteiger partial charge < -0.3 is 4.74 Å². The van der Waals surface area contributed by atoms with Crippen molar-refractivity contribution in [3.8, 4) is 5.75 Å². The number of nitro benzene ring substituents is 1. The Kier molecular flexibility index (Phi) is 4.16. The molecule has 23 heavy (non-hydrogen) atoms. The first-order valence-electron chi connectivity index (χ1n) is 6.62. The third-order valence-electron chi connectivity index (χ3n) is 3.57. The van der Waals surface area contributed by atoms with Crippen molar-refractivity contribution in [1.82, 2.24) is 10.2 Å². The molecule has 3 rings (SSSR count). The van der Waals surface area contributed by atoms with Crippen molar-refractivity contribution in [3.63, 3.8) is 0 Å². The highest BCUT2D eigenvalue weighted by atomic mass is 127. The van der Waals surface area contributed by atoms with Crippen molar-refractivity contribution < 1.29 is 14.1 Å². The van der Waals surface area contributed by atoms with Crippen molar-refractivity contribution >= 4 is 39.2 Å². The van der Waals surface area contributed by atoms with E-state index in [1.165, 1.54) is 25.4 Å². The Hall–Kier alpha value is -2.23. The number of benzene rings is 2. The third kappa shape index (κ3) is 2.85. The SMILES string of the molecule is COc1cc2[nH]ncc2c(Cc2ccc(I)cc2F)c1[N+](=O)[O-]. The van der Waals surface area contributed by atoms with Crippen LogP contribution in [-0.2, 0) is 6.42 Å². The minimum absolute atomic E-state index is 0.0757. The number of rotatable bonds is 4. The molecule has 1 N–H and O–H groups in total. The number of fused-ring (bicyclic) bond motifs is 1. The average molecular weight is 427 g/mol. The minimum atomic E-state index is -0.509. The van der Waals surface area contributed by atoms with Crippen molar-refractivity contribution in [2.45, 2.75) is 6.42 Å². The number of H-pyrrole nitrogens is 1. The first-order valence-corrected chi connectivity index (χ1v) is 7.70. The predicted octanol–water partition coefficient (Wildman–Crippen LogP) is 3.81. The number of hydrogen-bond acceptors (Lipinski definition) is 4. The summed E-state index contributed by atoms with van der Waals surface area (Å²) in [4.78, 5) is 11.0. The van der Waals surface area contributed by atoms with Gasteiger partial charge >= 0.3 is 5.69 Å². The summed E-state index contributed by atoms with van der Waals surface area (Å²) < 4.78 is 20.0. The fourth-order valence-corrected chi connectivity index (χ4v) is 2.97. The van der Waals surface area contributed by atoms with Gasteiger partial charge in [0, 0.05) is 27.0 Å². The molecule has 0 bridgehead atoms. The molecule has 0 amide bonds. The molecular weight excluding hydrogens is 416 g/mol. The molecule has 0 aliphatic carbocycles. The van der Waals surface area contributed by atoms with Crippen LogP contribution in [0.2, 0.25) is 0 Å². The van der Waals surface area contributed by atoms with E-state index < -0.39 is 10.7 Å². The Morgan fingerprint density at radius 1 is 1.43 bits per heavy atom. The zero-order chi connectivity index (χ0) is 16.6. The van der Waals surface area contributed by atoms with Crippen LogP contribution in [0.5, 0.6) is 5.75 Å². The first kappa shape index (κ1) is 15.7. The molecule has 0 spiro atoms. The fraction of sp³-hybridized carbons (Fsp3) is 0.133. The van der Waals surface area contributed by atoms with E-state index in [1.54, 1.807) is 12.1 Å². The lowest BCUT2D eigenvalue weighted by Crippen LogP contribution is -2.02. The maximum atomic E-state index is 14.1. The molecule has 0 saturated heterocycles. The van der Waals surface area contributed by atoms with Crippen molar-refractivity contribution in [1.29, 1.82) is 0 Å². The summed E-state index contributed by atoms with van der Waals surface area (Å²) >= 11 is 2.01. The van der Waals surface area contributed by atoms with Gasteiger partial charge in [-0.1, -0.05) is 6.07 Å². The summed E-state index contributed by atoms with van der Waals surface area (Å²) in [5.41, 5.74) is 1.19. The molecule has 118 valence electrons. The van der Waals surface area contributed by atoms with Gasteiger partial charge in [-0.15, -0.1) is 0 Å². The molecule has 1 heterocycles. The summed E-state index contributed by atoms with van der Waals surface area (Å²) in [5.74, 6) is -0.279. The van der Waals surface area contributed by atoms with Gasteiger partial charge in [-0.05, 0) is 40.3 Å². The molecule has 0 radical (unpaired) electrons. The van der Waals surface area contributed by atoms with Gasteiger partial charge in [0.25, 0.3) is 0 Å². The summed E-state index contributed by atoms with van der Waals surface area (Å²) in [7, 11) is 1.36. The minimum Gasteiger partial charge on any atom is -0.490 e. The smallest absolute Gasteiger partial charge is 0.315 e. The van der Waals surface area contributed by atoms with E-state index in [-0.39, 0.29) is 17.9 Å². The Labute approximate surface area is 143 Å². The first-order chi connectivity index (χ1) is 11.0. The van der Waals surface area contributed by atoms with Crippen LogP contribution >= 0.6 is 22.6 Å². The lowest BCUT2D eigenvalue weighted by molar-refractivity contribution is -0.386. The Morgan fingerprint density at radius 2 is 2.22 bits per heavy atom. The number of halogens is 2. The molecular formula is C15H11FIN3O3.